The number of hydrogen-bond acceptors (Lipinski definition) is 5. The van der Waals surface area contributed by atoms with Gasteiger partial charge in [-0.3, -0.25) is 9.59 Å². The van der Waals surface area contributed by atoms with Gasteiger partial charge in [0.15, 0.2) is 6.04 Å². The average molecular weight is 345 g/mol. The molecule has 0 aliphatic rings. The molecule has 140 valence electrons. The van der Waals surface area contributed by atoms with Crippen LogP contribution in [-0.2, 0) is 14.4 Å². The molecule has 0 aromatic rings. The van der Waals surface area contributed by atoms with Crippen molar-refractivity contribution in [1.29, 1.82) is 0 Å². The highest BCUT2D eigenvalue weighted by Crippen LogP contribution is 2.10. The third-order valence-corrected chi connectivity index (χ3v) is 3.95. The van der Waals surface area contributed by atoms with Gasteiger partial charge in [-0.2, -0.15) is 0 Å². The topological polar surface area (TPSA) is 146 Å². The summed E-state index contributed by atoms with van der Waals surface area (Å²) < 4.78 is 0. The summed E-state index contributed by atoms with van der Waals surface area (Å²) in [5.41, 5.74) is 3.81. The Morgan fingerprint density at radius 3 is 1.92 bits per heavy atom. The van der Waals surface area contributed by atoms with E-state index in [-0.39, 0.29) is 17.7 Å². The van der Waals surface area contributed by atoms with Crippen LogP contribution in [0.5, 0.6) is 0 Å². The van der Waals surface area contributed by atoms with E-state index in [4.69, 9.17) is 0 Å². The van der Waals surface area contributed by atoms with Gasteiger partial charge in [0.2, 0.25) is 5.91 Å². The quantitative estimate of drug-likeness (QED) is 0.354. The largest absolute Gasteiger partial charge is 0.548 e. The van der Waals surface area contributed by atoms with Crippen LogP contribution in [0.25, 0.3) is 0 Å². The second-order valence-electron chi connectivity index (χ2n) is 6.74. The maximum Gasteiger partial charge on any atom is 0.278 e. The number of aliphatic carboxylic acids is 1. The van der Waals surface area contributed by atoms with Gasteiger partial charge in [-0.1, -0.05) is 34.1 Å². The van der Waals surface area contributed by atoms with Gasteiger partial charge in [-0.05, 0) is 18.8 Å². The van der Waals surface area contributed by atoms with Gasteiger partial charge in [-0.15, -0.1) is 0 Å². The molecule has 0 saturated heterocycles. The lowest BCUT2D eigenvalue weighted by molar-refractivity contribution is -0.406. The second-order valence-corrected chi connectivity index (χ2v) is 6.74. The number of carboxylic acid groups (broad SMARTS) is 1. The molecular weight excluding hydrogens is 314 g/mol. The summed E-state index contributed by atoms with van der Waals surface area (Å²) in [5, 5.41) is 25.3. The first-order valence-corrected chi connectivity index (χ1v) is 8.33. The first-order valence-electron chi connectivity index (χ1n) is 8.33. The van der Waals surface area contributed by atoms with Gasteiger partial charge in [0.05, 0.1) is 18.1 Å². The summed E-state index contributed by atoms with van der Waals surface area (Å²) in [6.07, 6.45) is -0.126. The standard InChI is InChI=1S/C16H31N3O5/c1-6-9(4)12(18-14(21)11(17)7-8(2)3)15(22)19-13(10(5)20)16(23)24/h8-13,20H,6-7,17H2,1-5H3,(H,18,21)(H,19,22)(H,23,24). The fourth-order valence-corrected chi connectivity index (χ4v) is 2.27. The van der Waals surface area contributed by atoms with E-state index < -0.39 is 36.1 Å². The molecule has 0 aromatic carbocycles. The number of rotatable bonds is 10. The van der Waals surface area contributed by atoms with Crippen LogP contribution in [0.15, 0.2) is 0 Å². The molecule has 0 aliphatic heterocycles. The highest BCUT2D eigenvalue weighted by atomic mass is 16.4. The first kappa shape index (κ1) is 22.3. The summed E-state index contributed by atoms with van der Waals surface area (Å²) in [6.45, 7) is 8.82. The molecule has 8 nitrogen and oxygen atoms in total. The van der Waals surface area contributed by atoms with Gasteiger partial charge in [0, 0.05) is 6.42 Å². The number of aliphatic hydroxyl groups excluding tert-OH is 1. The highest BCUT2D eigenvalue weighted by molar-refractivity contribution is 5.91. The lowest BCUT2D eigenvalue weighted by Gasteiger charge is -2.28. The van der Waals surface area contributed by atoms with Crippen LogP contribution >= 0.6 is 0 Å². The molecule has 5 unspecified atom stereocenters. The Labute approximate surface area is 143 Å². The minimum Gasteiger partial charge on any atom is -0.548 e. The van der Waals surface area contributed by atoms with E-state index in [0.717, 1.165) is 0 Å². The number of aliphatic hydroxyl groups is 1. The normalized spacial score (nSPS) is 17.5. The Morgan fingerprint density at radius 2 is 1.54 bits per heavy atom. The van der Waals surface area contributed by atoms with Gasteiger partial charge in [0.25, 0.3) is 5.91 Å². The zero-order valence-corrected chi connectivity index (χ0v) is 15.2. The number of carbonyl (C=O) groups is 3. The van der Waals surface area contributed by atoms with Crippen LogP contribution in [0, 0.1) is 11.8 Å². The maximum atomic E-state index is 12.4. The number of hydrogen-bond donors (Lipinski definition) is 4. The highest BCUT2D eigenvalue weighted by Gasteiger charge is 2.31. The van der Waals surface area contributed by atoms with Crippen molar-refractivity contribution in [3.05, 3.63) is 0 Å². The maximum absolute atomic E-state index is 12.4. The van der Waals surface area contributed by atoms with E-state index in [1.54, 1.807) is 6.92 Å². The third kappa shape index (κ3) is 7.27. The molecule has 6 N–H and O–H groups in total. The average Bonchev–Trinajstić information content (AvgIpc) is 2.47. The molecular formula is C16H31N3O5. The molecule has 2 amide bonds. The van der Waals surface area contributed by atoms with E-state index in [1.807, 2.05) is 20.8 Å². The Bertz CT molecular complexity index is 439. The van der Waals surface area contributed by atoms with Crippen molar-refractivity contribution in [1.82, 2.24) is 10.6 Å². The smallest absolute Gasteiger partial charge is 0.278 e. The van der Waals surface area contributed by atoms with Crippen LogP contribution in [-0.4, -0.2) is 47.1 Å². The number of carboxylic acids is 1. The zero-order chi connectivity index (χ0) is 19.0. The molecule has 8 heteroatoms. The molecule has 0 spiro atoms. The van der Waals surface area contributed by atoms with Crippen molar-refractivity contribution in [2.75, 3.05) is 0 Å². The van der Waals surface area contributed by atoms with Gasteiger partial charge in [-0.25, -0.2) is 0 Å². The Balaban J connectivity index is 5.09. The number of amides is 2. The second kappa shape index (κ2) is 10.2. The van der Waals surface area contributed by atoms with Crippen molar-refractivity contribution < 1.29 is 30.3 Å². The summed E-state index contributed by atoms with van der Waals surface area (Å²) >= 11 is 0. The minimum absolute atomic E-state index is 0.211. The molecule has 0 bridgehead atoms. The number of carbonyl (C=O) groups excluding carboxylic acids is 3. The first-order chi connectivity index (χ1) is 11.0. The van der Waals surface area contributed by atoms with E-state index in [1.165, 1.54) is 6.92 Å². The van der Waals surface area contributed by atoms with E-state index in [9.17, 15) is 24.6 Å². The van der Waals surface area contributed by atoms with E-state index in [0.29, 0.717) is 12.8 Å². The van der Waals surface area contributed by atoms with Crippen LogP contribution < -0.4 is 21.5 Å². The molecule has 0 saturated carbocycles. The van der Waals surface area contributed by atoms with Crippen molar-refractivity contribution >= 4 is 17.8 Å². The molecule has 0 radical (unpaired) electrons. The summed E-state index contributed by atoms with van der Waals surface area (Å²) in [5.74, 6) is -2.53. The lowest BCUT2D eigenvalue weighted by atomic mass is 9.96. The van der Waals surface area contributed by atoms with Gasteiger partial charge >= 0.3 is 0 Å². The van der Waals surface area contributed by atoms with Crippen molar-refractivity contribution in [3.63, 3.8) is 0 Å². The van der Waals surface area contributed by atoms with Gasteiger partial charge < -0.3 is 31.4 Å². The predicted octanol–water partition coefficient (Wildman–Crippen LogP) is -2.21. The number of nitrogens with one attached hydrogen (secondary N) is 2. The van der Waals surface area contributed by atoms with Crippen molar-refractivity contribution in [2.24, 2.45) is 11.8 Å². The SMILES string of the molecule is CCC(C)C(NC(=O)C([NH3+])CC(C)C)C(=O)NC(C(=O)[O-])C(C)O. The fraction of sp³-hybridized carbons (Fsp3) is 0.812. The number of quaternary nitrogens is 1. The lowest BCUT2D eigenvalue weighted by Crippen LogP contribution is -2.70. The summed E-state index contributed by atoms with van der Waals surface area (Å²) in [6, 6.07) is -2.94. The molecule has 0 heterocycles. The zero-order valence-electron chi connectivity index (χ0n) is 15.2. The van der Waals surface area contributed by atoms with Crippen LogP contribution in [0.2, 0.25) is 0 Å². The Kier molecular flexibility index (Phi) is 9.53. The molecule has 0 aliphatic carbocycles. The fourth-order valence-electron chi connectivity index (χ4n) is 2.27. The van der Waals surface area contributed by atoms with Crippen LogP contribution in [0.4, 0.5) is 0 Å². The molecule has 24 heavy (non-hydrogen) atoms. The molecule has 0 fully saturated rings. The molecule has 0 aromatic heterocycles. The molecule has 5 atom stereocenters. The summed E-state index contributed by atoms with van der Waals surface area (Å²) in [7, 11) is 0. The van der Waals surface area contributed by atoms with E-state index >= 15 is 0 Å². The van der Waals surface area contributed by atoms with Crippen molar-refractivity contribution in [2.45, 2.75) is 71.7 Å². The third-order valence-electron chi connectivity index (χ3n) is 3.95. The Hall–Kier alpha value is -1.67. The van der Waals surface area contributed by atoms with Crippen LogP contribution in [0.1, 0.15) is 47.5 Å². The monoisotopic (exact) mass is 345 g/mol. The van der Waals surface area contributed by atoms with E-state index in [2.05, 4.69) is 16.4 Å². The summed E-state index contributed by atoms with van der Waals surface area (Å²) in [4.78, 5) is 35.6. The van der Waals surface area contributed by atoms with Gasteiger partial charge in [0.1, 0.15) is 6.04 Å². The minimum atomic E-state index is -1.58. The van der Waals surface area contributed by atoms with Crippen molar-refractivity contribution in [3.8, 4) is 0 Å². The Morgan fingerprint density at radius 1 is 1.04 bits per heavy atom. The van der Waals surface area contributed by atoms with Crippen LogP contribution in [0.3, 0.4) is 0 Å². The predicted molar refractivity (Wildman–Crippen MR) is 86.1 cm³/mol. The molecule has 0 rings (SSSR count).